The van der Waals surface area contributed by atoms with Gasteiger partial charge in [-0.2, -0.15) is 0 Å². The lowest BCUT2D eigenvalue weighted by molar-refractivity contribution is 0.0540. The monoisotopic (exact) mass is 269 g/mol. The van der Waals surface area contributed by atoms with Gasteiger partial charge in [0.05, 0.1) is 26.9 Å². The molecule has 0 atom stereocenters. The standard InChI is InChI=1S/C14H23NO4/c1-15-11-12-4-5-13(14(10-12)17-3)19-9-8-18-7-6-16-2/h4-5,10,15H,6-9,11H2,1-3H3. The average molecular weight is 269 g/mol. The fraction of sp³-hybridized carbons (Fsp3) is 0.571. The minimum atomic E-state index is 0.492. The van der Waals surface area contributed by atoms with Gasteiger partial charge in [0.25, 0.3) is 0 Å². The van der Waals surface area contributed by atoms with Gasteiger partial charge in [-0.1, -0.05) is 6.07 Å². The molecule has 1 N–H and O–H groups in total. The molecule has 0 aliphatic heterocycles. The van der Waals surface area contributed by atoms with Crippen molar-refractivity contribution >= 4 is 0 Å². The zero-order valence-corrected chi connectivity index (χ0v) is 11.9. The van der Waals surface area contributed by atoms with E-state index in [0.29, 0.717) is 26.4 Å². The highest BCUT2D eigenvalue weighted by molar-refractivity contribution is 5.42. The molecule has 0 aliphatic rings. The van der Waals surface area contributed by atoms with Crippen molar-refractivity contribution < 1.29 is 18.9 Å². The summed E-state index contributed by atoms with van der Waals surface area (Å²) in [6.07, 6.45) is 0. The van der Waals surface area contributed by atoms with Gasteiger partial charge in [0.2, 0.25) is 0 Å². The second kappa shape index (κ2) is 9.61. The molecule has 0 unspecified atom stereocenters. The van der Waals surface area contributed by atoms with Crippen molar-refractivity contribution in [2.24, 2.45) is 0 Å². The Hall–Kier alpha value is -1.30. The Balaban J connectivity index is 2.40. The molecule has 5 nitrogen and oxygen atoms in total. The van der Waals surface area contributed by atoms with Gasteiger partial charge in [-0.3, -0.25) is 0 Å². The molecule has 0 spiro atoms. The zero-order valence-electron chi connectivity index (χ0n) is 11.9. The molecule has 1 rings (SSSR count). The molecule has 0 radical (unpaired) electrons. The molecule has 0 bridgehead atoms. The van der Waals surface area contributed by atoms with Crippen molar-refractivity contribution in [3.8, 4) is 11.5 Å². The predicted molar refractivity (Wildman–Crippen MR) is 73.9 cm³/mol. The molecule has 0 amide bonds. The summed E-state index contributed by atoms with van der Waals surface area (Å²) in [5.74, 6) is 1.47. The van der Waals surface area contributed by atoms with Crippen molar-refractivity contribution in [1.29, 1.82) is 0 Å². The smallest absolute Gasteiger partial charge is 0.161 e. The van der Waals surface area contributed by atoms with Crippen LogP contribution in [0.25, 0.3) is 0 Å². The fourth-order valence-corrected chi connectivity index (χ4v) is 1.60. The Labute approximate surface area is 114 Å². The van der Waals surface area contributed by atoms with Gasteiger partial charge in [-0.25, -0.2) is 0 Å². The van der Waals surface area contributed by atoms with Crippen LogP contribution in [-0.4, -0.2) is 47.7 Å². The van der Waals surface area contributed by atoms with E-state index in [2.05, 4.69) is 5.32 Å². The molecule has 5 heteroatoms. The highest BCUT2D eigenvalue weighted by atomic mass is 16.5. The van der Waals surface area contributed by atoms with Crippen molar-refractivity contribution in [3.05, 3.63) is 23.8 Å². The summed E-state index contributed by atoms with van der Waals surface area (Å²) < 4.78 is 21.2. The summed E-state index contributed by atoms with van der Waals surface area (Å²) in [6, 6.07) is 5.90. The molecule has 0 saturated carbocycles. The van der Waals surface area contributed by atoms with Gasteiger partial charge in [-0.15, -0.1) is 0 Å². The first-order valence-corrected chi connectivity index (χ1v) is 6.32. The van der Waals surface area contributed by atoms with Crippen molar-refractivity contribution in [1.82, 2.24) is 5.32 Å². The van der Waals surface area contributed by atoms with E-state index in [4.69, 9.17) is 18.9 Å². The van der Waals surface area contributed by atoms with Crippen LogP contribution in [0.1, 0.15) is 5.56 Å². The molecule has 1 aromatic carbocycles. The quantitative estimate of drug-likeness (QED) is 0.652. The Bertz CT molecular complexity index is 357. The van der Waals surface area contributed by atoms with E-state index in [1.54, 1.807) is 14.2 Å². The minimum absolute atomic E-state index is 0.492. The second-order valence-corrected chi connectivity index (χ2v) is 3.97. The van der Waals surface area contributed by atoms with Crippen LogP contribution in [0, 0.1) is 0 Å². The Kier molecular flexibility index (Phi) is 7.97. The summed E-state index contributed by atoms with van der Waals surface area (Å²) in [6.45, 7) is 3.01. The second-order valence-electron chi connectivity index (χ2n) is 3.97. The van der Waals surface area contributed by atoms with Gasteiger partial charge in [-0.05, 0) is 24.7 Å². The van der Waals surface area contributed by atoms with Crippen LogP contribution in [0.2, 0.25) is 0 Å². The lowest BCUT2D eigenvalue weighted by Crippen LogP contribution is -2.10. The van der Waals surface area contributed by atoms with Crippen LogP contribution in [0.5, 0.6) is 11.5 Å². The van der Waals surface area contributed by atoms with Crippen LogP contribution in [0.3, 0.4) is 0 Å². The van der Waals surface area contributed by atoms with Gasteiger partial charge in [0.1, 0.15) is 6.61 Å². The van der Waals surface area contributed by atoms with Crippen molar-refractivity contribution in [2.75, 3.05) is 47.7 Å². The van der Waals surface area contributed by atoms with Crippen LogP contribution in [-0.2, 0) is 16.0 Å². The molecule has 108 valence electrons. The van der Waals surface area contributed by atoms with Gasteiger partial charge in [0.15, 0.2) is 11.5 Å². The van der Waals surface area contributed by atoms with Crippen LogP contribution in [0.4, 0.5) is 0 Å². The Morgan fingerprint density at radius 3 is 2.47 bits per heavy atom. The molecule has 0 heterocycles. The number of hydrogen-bond donors (Lipinski definition) is 1. The molecule has 0 aromatic heterocycles. The van der Waals surface area contributed by atoms with E-state index in [9.17, 15) is 0 Å². The molecule has 0 aliphatic carbocycles. The van der Waals surface area contributed by atoms with Gasteiger partial charge in [0, 0.05) is 13.7 Å². The van der Waals surface area contributed by atoms with E-state index in [-0.39, 0.29) is 0 Å². The van der Waals surface area contributed by atoms with E-state index >= 15 is 0 Å². The third-order valence-electron chi connectivity index (χ3n) is 2.53. The molecule has 1 aromatic rings. The summed E-state index contributed by atoms with van der Waals surface area (Å²) in [4.78, 5) is 0. The largest absolute Gasteiger partial charge is 0.493 e. The third kappa shape index (κ3) is 5.92. The fourth-order valence-electron chi connectivity index (χ4n) is 1.60. The number of ether oxygens (including phenoxy) is 4. The maximum Gasteiger partial charge on any atom is 0.161 e. The van der Waals surface area contributed by atoms with Crippen molar-refractivity contribution in [2.45, 2.75) is 6.54 Å². The molecule has 0 saturated heterocycles. The third-order valence-corrected chi connectivity index (χ3v) is 2.53. The highest BCUT2D eigenvalue weighted by Crippen LogP contribution is 2.27. The topological polar surface area (TPSA) is 49.0 Å². The minimum Gasteiger partial charge on any atom is -0.493 e. The number of benzene rings is 1. The summed E-state index contributed by atoms with van der Waals surface area (Å²) in [5, 5.41) is 3.10. The van der Waals surface area contributed by atoms with Crippen LogP contribution >= 0.6 is 0 Å². The molecular formula is C14H23NO4. The maximum absolute atomic E-state index is 5.63. The Morgan fingerprint density at radius 1 is 1.00 bits per heavy atom. The number of methoxy groups -OCH3 is 2. The lowest BCUT2D eigenvalue weighted by Gasteiger charge is -2.12. The molecule has 19 heavy (non-hydrogen) atoms. The van der Waals surface area contributed by atoms with E-state index in [1.807, 2.05) is 25.2 Å². The van der Waals surface area contributed by atoms with Crippen molar-refractivity contribution in [3.63, 3.8) is 0 Å². The number of rotatable bonds is 10. The number of hydrogen-bond acceptors (Lipinski definition) is 5. The SMILES string of the molecule is CNCc1ccc(OCCOCCOC)c(OC)c1. The Morgan fingerprint density at radius 2 is 1.79 bits per heavy atom. The summed E-state index contributed by atoms with van der Waals surface area (Å²) in [7, 11) is 5.20. The van der Waals surface area contributed by atoms with E-state index in [0.717, 1.165) is 23.6 Å². The highest BCUT2D eigenvalue weighted by Gasteiger charge is 2.05. The molecule has 0 fully saturated rings. The maximum atomic E-state index is 5.63. The normalized spacial score (nSPS) is 10.5. The van der Waals surface area contributed by atoms with E-state index in [1.165, 1.54) is 0 Å². The summed E-state index contributed by atoms with van der Waals surface area (Å²) >= 11 is 0. The van der Waals surface area contributed by atoms with E-state index < -0.39 is 0 Å². The van der Waals surface area contributed by atoms with Gasteiger partial charge < -0.3 is 24.3 Å². The molecular weight excluding hydrogens is 246 g/mol. The first-order chi connectivity index (χ1) is 9.31. The van der Waals surface area contributed by atoms with Crippen LogP contribution in [0.15, 0.2) is 18.2 Å². The zero-order chi connectivity index (χ0) is 13.9. The predicted octanol–water partition coefficient (Wildman–Crippen LogP) is 1.46. The average Bonchev–Trinajstić information content (AvgIpc) is 2.44. The van der Waals surface area contributed by atoms with Gasteiger partial charge >= 0.3 is 0 Å². The van der Waals surface area contributed by atoms with Crippen LogP contribution < -0.4 is 14.8 Å². The number of nitrogens with one attached hydrogen (secondary N) is 1. The first kappa shape index (κ1) is 15.8. The first-order valence-electron chi connectivity index (χ1n) is 6.32. The lowest BCUT2D eigenvalue weighted by atomic mass is 10.2. The summed E-state index contributed by atoms with van der Waals surface area (Å²) in [5.41, 5.74) is 1.16.